The molecule has 0 spiro atoms. The van der Waals surface area contributed by atoms with Crippen molar-refractivity contribution in [2.75, 3.05) is 26.1 Å². The van der Waals surface area contributed by atoms with Crippen LogP contribution in [-0.4, -0.2) is 74.9 Å². The number of hydrogen-bond donors (Lipinski definition) is 4. The van der Waals surface area contributed by atoms with Gasteiger partial charge in [0.05, 0.1) is 19.5 Å². The van der Waals surface area contributed by atoms with E-state index in [2.05, 4.69) is 39.4 Å². The van der Waals surface area contributed by atoms with Gasteiger partial charge in [-0.3, -0.25) is 4.57 Å². The van der Waals surface area contributed by atoms with Crippen LogP contribution in [0.4, 0.5) is 5.82 Å². The van der Waals surface area contributed by atoms with E-state index in [1.807, 2.05) is 0 Å². The fraction of sp³-hybridized carbons (Fsp3) is 0.737. The second kappa shape index (κ2) is 9.77. The van der Waals surface area contributed by atoms with Gasteiger partial charge in [0.25, 0.3) is 0 Å². The van der Waals surface area contributed by atoms with E-state index in [0.29, 0.717) is 35.4 Å². The summed E-state index contributed by atoms with van der Waals surface area (Å²) in [5.74, 6) is 1.23. The van der Waals surface area contributed by atoms with Crippen molar-refractivity contribution in [3.8, 4) is 0 Å². The lowest BCUT2D eigenvalue weighted by Crippen LogP contribution is -2.33. The van der Waals surface area contributed by atoms with E-state index >= 15 is 0 Å². The molecule has 2 aromatic heterocycles. The zero-order valence-corrected chi connectivity index (χ0v) is 17.5. The smallest absolute Gasteiger partial charge is 0.168 e. The Bertz CT molecular complexity index is 800. The highest BCUT2D eigenvalue weighted by molar-refractivity contribution is 5.83. The van der Waals surface area contributed by atoms with Crippen molar-refractivity contribution in [1.82, 2.24) is 24.8 Å². The molecular formula is C19H32N6O4. The molecule has 0 aromatic carbocycles. The summed E-state index contributed by atoms with van der Waals surface area (Å²) >= 11 is 0. The lowest BCUT2D eigenvalue weighted by molar-refractivity contribution is -0.0580. The number of nitrogens with one attached hydrogen (secondary N) is 2. The van der Waals surface area contributed by atoms with E-state index in [4.69, 9.17) is 9.47 Å². The van der Waals surface area contributed by atoms with E-state index in [0.717, 1.165) is 19.3 Å². The Kier molecular flexibility index (Phi) is 7.36. The zero-order valence-electron chi connectivity index (χ0n) is 17.5. The molecule has 1 fully saturated rings. The molecule has 162 valence electrons. The van der Waals surface area contributed by atoms with Gasteiger partial charge in [0, 0.05) is 20.2 Å². The summed E-state index contributed by atoms with van der Waals surface area (Å²) in [6.07, 6.45) is 1.20. The normalized spacial score (nSPS) is 25.6. The summed E-state index contributed by atoms with van der Waals surface area (Å²) in [6.45, 7) is 5.04. The number of anilines is 1. The quantitative estimate of drug-likeness (QED) is 0.451. The minimum Gasteiger partial charge on any atom is -0.387 e. The van der Waals surface area contributed by atoms with E-state index in [1.54, 1.807) is 17.9 Å². The Morgan fingerprint density at radius 3 is 2.72 bits per heavy atom. The van der Waals surface area contributed by atoms with Gasteiger partial charge in [-0.25, -0.2) is 15.0 Å². The maximum atomic E-state index is 10.5. The fourth-order valence-electron chi connectivity index (χ4n) is 3.70. The topological polar surface area (TPSA) is 127 Å². The first-order valence-electron chi connectivity index (χ1n) is 10.2. The van der Waals surface area contributed by atoms with Crippen molar-refractivity contribution in [3.05, 3.63) is 12.2 Å². The summed E-state index contributed by atoms with van der Waals surface area (Å²) in [4.78, 5) is 13.6. The highest BCUT2D eigenvalue weighted by Crippen LogP contribution is 2.32. The minimum absolute atomic E-state index is 0.184. The molecule has 10 nitrogen and oxygen atoms in total. The Balaban J connectivity index is 1.90. The average molecular weight is 409 g/mol. The minimum atomic E-state index is -1.11. The number of hydrogen-bond acceptors (Lipinski definition) is 9. The molecule has 5 atom stereocenters. The van der Waals surface area contributed by atoms with Crippen LogP contribution in [0.15, 0.2) is 6.33 Å². The molecule has 1 unspecified atom stereocenters. The number of nitrogens with zero attached hydrogens (tertiary/aromatic N) is 4. The van der Waals surface area contributed by atoms with Gasteiger partial charge in [-0.15, -0.1) is 0 Å². The largest absolute Gasteiger partial charge is 0.387 e. The van der Waals surface area contributed by atoms with Gasteiger partial charge in [-0.2, -0.15) is 0 Å². The van der Waals surface area contributed by atoms with Crippen LogP contribution in [0.5, 0.6) is 0 Å². The maximum Gasteiger partial charge on any atom is 0.168 e. The molecule has 3 heterocycles. The van der Waals surface area contributed by atoms with Crippen molar-refractivity contribution in [1.29, 1.82) is 0 Å². The predicted molar refractivity (Wildman–Crippen MR) is 108 cm³/mol. The van der Waals surface area contributed by atoms with Crippen LogP contribution in [-0.2, 0) is 16.0 Å². The van der Waals surface area contributed by atoms with Gasteiger partial charge in [-0.1, -0.05) is 20.3 Å². The highest BCUT2D eigenvalue weighted by Gasteiger charge is 2.44. The number of methoxy groups -OCH3 is 1. The Labute approximate surface area is 170 Å². The number of aliphatic hydroxyl groups is 2. The molecule has 0 aliphatic carbocycles. The first-order chi connectivity index (χ1) is 14.0. The molecule has 0 radical (unpaired) electrons. The van der Waals surface area contributed by atoms with Crippen molar-refractivity contribution in [2.24, 2.45) is 0 Å². The van der Waals surface area contributed by atoms with Crippen LogP contribution in [0.3, 0.4) is 0 Å². The summed E-state index contributed by atoms with van der Waals surface area (Å²) in [5.41, 5.74) is 1.12. The monoisotopic (exact) mass is 408 g/mol. The molecule has 1 aliphatic heterocycles. The SMILES string of the molecule is CCCC(CC)NCc1nc(NC)c2ncn([C@@H]3O[C@H](COC)[C@@H](O)[C@H]3O)c2n1. The van der Waals surface area contributed by atoms with Crippen LogP contribution in [0.1, 0.15) is 45.2 Å². The molecule has 2 aromatic rings. The van der Waals surface area contributed by atoms with Crippen LogP contribution in [0.2, 0.25) is 0 Å². The number of ether oxygens (including phenoxy) is 2. The third-order valence-corrected chi connectivity index (χ3v) is 5.33. The standard InChI is InChI=1S/C19H32N6O4/c1-5-7-11(6-2)21-8-13-23-17(20-3)14-18(24-13)25(10-22-14)19-16(27)15(26)12(29-19)9-28-4/h10-12,15-16,19,21,26-27H,5-9H2,1-4H3,(H,20,23,24)/t11?,12-,15-,16-,19-/m1/s1. The van der Waals surface area contributed by atoms with E-state index in [9.17, 15) is 10.2 Å². The van der Waals surface area contributed by atoms with Gasteiger partial charge < -0.3 is 30.3 Å². The molecule has 0 bridgehead atoms. The Morgan fingerprint density at radius 1 is 1.28 bits per heavy atom. The molecule has 4 N–H and O–H groups in total. The second-order valence-corrected chi connectivity index (χ2v) is 7.34. The number of imidazole rings is 1. The first-order valence-corrected chi connectivity index (χ1v) is 10.2. The van der Waals surface area contributed by atoms with Gasteiger partial charge in [0.15, 0.2) is 23.2 Å². The predicted octanol–water partition coefficient (Wildman–Crippen LogP) is 0.802. The molecule has 0 saturated carbocycles. The Hall–Kier alpha value is -1.85. The molecule has 0 amide bonds. The lowest BCUT2D eigenvalue weighted by Gasteiger charge is -2.18. The van der Waals surface area contributed by atoms with Crippen LogP contribution in [0.25, 0.3) is 11.2 Å². The van der Waals surface area contributed by atoms with Gasteiger partial charge in [0.1, 0.15) is 24.1 Å². The lowest BCUT2D eigenvalue weighted by atomic mass is 10.1. The number of aliphatic hydroxyl groups excluding tert-OH is 2. The number of fused-ring (bicyclic) bond motifs is 1. The molecule has 10 heteroatoms. The maximum absolute atomic E-state index is 10.5. The number of aromatic nitrogens is 4. The van der Waals surface area contributed by atoms with Crippen molar-refractivity contribution >= 4 is 17.0 Å². The van der Waals surface area contributed by atoms with Crippen LogP contribution in [0, 0.1) is 0 Å². The zero-order chi connectivity index (χ0) is 21.0. The molecule has 1 aliphatic rings. The summed E-state index contributed by atoms with van der Waals surface area (Å²) < 4.78 is 12.6. The van der Waals surface area contributed by atoms with Gasteiger partial charge >= 0.3 is 0 Å². The van der Waals surface area contributed by atoms with Gasteiger partial charge in [0.2, 0.25) is 0 Å². The van der Waals surface area contributed by atoms with Crippen LogP contribution >= 0.6 is 0 Å². The van der Waals surface area contributed by atoms with E-state index in [1.165, 1.54) is 7.11 Å². The number of rotatable bonds is 10. The third kappa shape index (κ3) is 4.51. The summed E-state index contributed by atoms with van der Waals surface area (Å²) in [6, 6.07) is 0.409. The third-order valence-electron chi connectivity index (χ3n) is 5.33. The highest BCUT2D eigenvalue weighted by atomic mass is 16.6. The summed E-state index contributed by atoms with van der Waals surface area (Å²) in [5, 5.41) is 27.3. The summed E-state index contributed by atoms with van der Waals surface area (Å²) in [7, 11) is 3.30. The molecule has 3 rings (SSSR count). The van der Waals surface area contributed by atoms with Crippen LogP contribution < -0.4 is 10.6 Å². The first kappa shape index (κ1) is 21.8. The van der Waals surface area contributed by atoms with Gasteiger partial charge in [-0.05, 0) is 12.8 Å². The van der Waals surface area contributed by atoms with Crippen molar-refractivity contribution in [3.63, 3.8) is 0 Å². The average Bonchev–Trinajstić information content (AvgIpc) is 3.27. The van der Waals surface area contributed by atoms with E-state index < -0.39 is 24.5 Å². The second-order valence-electron chi connectivity index (χ2n) is 7.34. The molecular weight excluding hydrogens is 376 g/mol. The molecule has 29 heavy (non-hydrogen) atoms. The molecule has 1 saturated heterocycles. The van der Waals surface area contributed by atoms with Crippen molar-refractivity contribution < 1.29 is 19.7 Å². The fourth-order valence-corrected chi connectivity index (χ4v) is 3.70. The Morgan fingerprint density at radius 2 is 2.07 bits per heavy atom. The van der Waals surface area contributed by atoms with Crippen molar-refractivity contribution in [2.45, 2.75) is 70.2 Å². The van der Waals surface area contributed by atoms with E-state index in [-0.39, 0.29) is 6.61 Å².